The first kappa shape index (κ1) is 14.9. The number of benzene rings is 2. The van der Waals surface area contributed by atoms with Gasteiger partial charge in [0.05, 0.1) is 5.56 Å². The molecule has 1 amide bonds. The third kappa shape index (κ3) is 3.28. The van der Waals surface area contributed by atoms with E-state index in [1.54, 1.807) is 6.07 Å². The predicted octanol–water partition coefficient (Wildman–Crippen LogP) is 4.68. The van der Waals surface area contributed by atoms with E-state index in [1.807, 2.05) is 30.3 Å². The zero-order chi connectivity index (χ0) is 16.2. The lowest BCUT2D eigenvalue weighted by atomic mass is 10.1. The van der Waals surface area contributed by atoms with Gasteiger partial charge in [-0.3, -0.25) is 4.79 Å². The highest BCUT2D eigenvalue weighted by molar-refractivity contribution is 7.19. The summed E-state index contributed by atoms with van der Waals surface area (Å²) in [4.78, 5) is 13.1. The molecule has 0 fully saturated rings. The number of anilines is 1. The Morgan fingerprint density at radius 3 is 2.43 bits per heavy atom. The van der Waals surface area contributed by atoms with Crippen LogP contribution in [0.15, 0.2) is 60.7 Å². The molecule has 0 spiro atoms. The summed E-state index contributed by atoms with van der Waals surface area (Å²) < 4.78 is 12.9. The molecule has 0 saturated heterocycles. The van der Waals surface area contributed by atoms with Crippen molar-refractivity contribution in [3.63, 3.8) is 0 Å². The van der Waals surface area contributed by atoms with Crippen molar-refractivity contribution in [3.05, 3.63) is 77.6 Å². The molecule has 0 aliphatic rings. The van der Waals surface area contributed by atoms with Crippen LogP contribution >= 0.6 is 11.3 Å². The zero-order valence-electron chi connectivity index (χ0n) is 11.9. The van der Waals surface area contributed by atoms with E-state index in [-0.39, 0.29) is 5.91 Å². The first-order valence-corrected chi connectivity index (χ1v) is 7.65. The average molecular weight is 322 g/mol. The van der Waals surface area contributed by atoms with Crippen molar-refractivity contribution in [1.82, 2.24) is 0 Å². The van der Waals surface area contributed by atoms with Crippen LogP contribution in [0.3, 0.4) is 0 Å². The number of halogens is 1. The number of hydrogen-bond acceptors (Lipinski definition) is 3. The van der Waals surface area contributed by atoms with Crippen molar-refractivity contribution in [2.45, 2.75) is 0 Å². The maximum absolute atomic E-state index is 12.9. The molecule has 5 heteroatoms. The number of carbonyl (C=O) groups excluding carboxylic acids is 1. The topological polar surface area (TPSA) is 52.9 Å². The quantitative estimate of drug-likeness (QED) is 0.761. The Kier molecular flexibility index (Phi) is 4.18. The predicted molar refractivity (Wildman–Crippen MR) is 88.8 cm³/mol. The molecule has 23 heavy (non-hydrogen) atoms. The Bertz CT molecular complexity index is 880. The molecule has 1 heterocycles. The fourth-order valence-electron chi connectivity index (χ4n) is 2.09. The molecule has 3 aromatic rings. The Morgan fingerprint density at radius 2 is 1.78 bits per heavy atom. The first-order valence-electron chi connectivity index (χ1n) is 6.83. The van der Waals surface area contributed by atoms with E-state index in [0.717, 1.165) is 10.4 Å². The summed E-state index contributed by atoms with van der Waals surface area (Å²) in [6.45, 7) is 0. The number of hydrogen-bond donors (Lipinski definition) is 1. The van der Waals surface area contributed by atoms with Crippen molar-refractivity contribution in [1.29, 1.82) is 5.26 Å². The number of carbonyl (C=O) groups is 1. The largest absolute Gasteiger partial charge is 0.312 e. The van der Waals surface area contributed by atoms with Gasteiger partial charge in [-0.15, -0.1) is 11.3 Å². The molecule has 0 atom stereocenters. The van der Waals surface area contributed by atoms with E-state index < -0.39 is 5.82 Å². The third-order valence-corrected chi connectivity index (χ3v) is 4.34. The van der Waals surface area contributed by atoms with E-state index in [9.17, 15) is 14.4 Å². The van der Waals surface area contributed by atoms with Gasteiger partial charge in [-0.05, 0) is 35.9 Å². The molecule has 3 nitrogen and oxygen atoms in total. The minimum Gasteiger partial charge on any atom is -0.312 e. The number of thiophene rings is 1. The summed E-state index contributed by atoms with van der Waals surface area (Å²) in [5.74, 6) is -0.773. The number of nitrogens with zero attached hydrogens (tertiary/aromatic N) is 1. The number of rotatable bonds is 3. The summed E-state index contributed by atoms with van der Waals surface area (Å²) >= 11 is 1.33. The minimum absolute atomic E-state index is 0.338. The van der Waals surface area contributed by atoms with Gasteiger partial charge in [0.1, 0.15) is 16.9 Å². The lowest BCUT2D eigenvalue weighted by Gasteiger charge is -2.03. The highest BCUT2D eigenvalue weighted by Crippen LogP contribution is 2.35. The molecule has 2 aromatic carbocycles. The van der Waals surface area contributed by atoms with Crippen molar-refractivity contribution in [2.24, 2.45) is 0 Å². The summed E-state index contributed by atoms with van der Waals surface area (Å²) in [5, 5.41) is 12.5. The van der Waals surface area contributed by atoms with Crippen LogP contribution in [0.2, 0.25) is 0 Å². The number of nitriles is 1. The molecule has 1 aromatic heterocycles. The van der Waals surface area contributed by atoms with Crippen LogP contribution < -0.4 is 5.32 Å². The molecule has 0 saturated carbocycles. The van der Waals surface area contributed by atoms with Gasteiger partial charge < -0.3 is 5.32 Å². The highest BCUT2D eigenvalue weighted by Gasteiger charge is 2.14. The van der Waals surface area contributed by atoms with Crippen molar-refractivity contribution in [2.75, 3.05) is 5.32 Å². The van der Waals surface area contributed by atoms with Crippen LogP contribution in [-0.2, 0) is 0 Å². The summed E-state index contributed by atoms with van der Waals surface area (Å²) in [5.41, 5.74) is 1.73. The maximum atomic E-state index is 12.9. The normalized spacial score (nSPS) is 10.1. The smallest absolute Gasteiger partial charge is 0.256 e. The van der Waals surface area contributed by atoms with Crippen LogP contribution in [0.1, 0.15) is 15.9 Å². The van der Waals surface area contributed by atoms with Crippen LogP contribution in [0.5, 0.6) is 0 Å². The number of nitrogens with one attached hydrogen (secondary N) is 1. The van der Waals surface area contributed by atoms with E-state index in [2.05, 4.69) is 11.4 Å². The van der Waals surface area contributed by atoms with Crippen LogP contribution in [-0.4, -0.2) is 5.91 Å². The average Bonchev–Trinajstić information content (AvgIpc) is 2.99. The van der Waals surface area contributed by atoms with E-state index in [1.165, 1.54) is 35.6 Å². The molecular formula is C18H11FN2OS. The van der Waals surface area contributed by atoms with Gasteiger partial charge in [-0.1, -0.05) is 30.3 Å². The molecule has 0 bridgehead atoms. The van der Waals surface area contributed by atoms with Crippen LogP contribution in [0.25, 0.3) is 10.4 Å². The summed E-state index contributed by atoms with van der Waals surface area (Å²) in [6.07, 6.45) is 0. The SMILES string of the molecule is N#Cc1cc(-c2ccccc2)sc1NC(=O)c1ccc(F)cc1. The van der Waals surface area contributed by atoms with Gasteiger partial charge in [0, 0.05) is 10.4 Å². The molecule has 0 aliphatic heterocycles. The van der Waals surface area contributed by atoms with Gasteiger partial charge in [0.2, 0.25) is 0 Å². The molecule has 1 N–H and O–H groups in total. The third-order valence-electron chi connectivity index (χ3n) is 3.24. The Balaban J connectivity index is 1.88. The standard InChI is InChI=1S/C18H11FN2OS/c19-15-8-6-13(7-9-15)17(22)21-18-14(11-20)10-16(23-18)12-4-2-1-3-5-12/h1-10H,(H,21,22). The van der Waals surface area contributed by atoms with Gasteiger partial charge in [0.15, 0.2) is 0 Å². The van der Waals surface area contributed by atoms with E-state index in [4.69, 9.17) is 0 Å². The highest BCUT2D eigenvalue weighted by atomic mass is 32.1. The van der Waals surface area contributed by atoms with Gasteiger partial charge in [-0.25, -0.2) is 4.39 Å². The molecule has 0 aliphatic carbocycles. The zero-order valence-corrected chi connectivity index (χ0v) is 12.7. The molecular weight excluding hydrogens is 311 g/mol. The first-order chi connectivity index (χ1) is 11.2. The second kappa shape index (κ2) is 6.42. The van der Waals surface area contributed by atoms with Crippen molar-refractivity contribution < 1.29 is 9.18 Å². The van der Waals surface area contributed by atoms with Crippen molar-refractivity contribution in [3.8, 4) is 16.5 Å². The van der Waals surface area contributed by atoms with Crippen molar-refractivity contribution >= 4 is 22.2 Å². The molecule has 0 unspecified atom stereocenters. The number of amides is 1. The van der Waals surface area contributed by atoms with Gasteiger partial charge in [-0.2, -0.15) is 5.26 Å². The summed E-state index contributed by atoms with van der Waals surface area (Å²) in [7, 11) is 0. The molecule has 3 rings (SSSR count). The lowest BCUT2D eigenvalue weighted by molar-refractivity contribution is 0.102. The van der Waals surface area contributed by atoms with Crippen LogP contribution in [0.4, 0.5) is 9.39 Å². The van der Waals surface area contributed by atoms with Gasteiger partial charge >= 0.3 is 0 Å². The Labute approximate surface area is 136 Å². The molecule has 112 valence electrons. The van der Waals surface area contributed by atoms with E-state index >= 15 is 0 Å². The monoisotopic (exact) mass is 322 g/mol. The fourth-order valence-corrected chi connectivity index (χ4v) is 3.10. The fraction of sp³-hybridized carbons (Fsp3) is 0. The Morgan fingerprint density at radius 1 is 1.09 bits per heavy atom. The van der Waals surface area contributed by atoms with E-state index in [0.29, 0.717) is 16.1 Å². The Hall–Kier alpha value is -2.97. The maximum Gasteiger partial charge on any atom is 0.256 e. The summed E-state index contributed by atoms with van der Waals surface area (Å²) in [6, 6.07) is 18.7. The minimum atomic E-state index is -0.401. The van der Waals surface area contributed by atoms with Crippen LogP contribution in [0, 0.1) is 17.1 Å². The molecule has 0 radical (unpaired) electrons. The van der Waals surface area contributed by atoms with Gasteiger partial charge in [0.25, 0.3) is 5.91 Å². The lowest BCUT2D eigenvalue weighted by Crippen LogP contribution is -2.11. The second-order valence-electron chi connectivity index (χ2n) is 4.79. The second-order valence-corrected chi connectivity index (χ2v) is 5.84.